The van der Waals surface area contributed by atoms with Gasteiger partial charge in [-0.2, -0.15) is 21.6 Å². The van der Waals surface area contributed by atoms with Crippen LogP contribution in [0.3, 0.4) is 0 Å². The van der Waals surface area contributed by atoms with Gasteiger partial charge >= 0.3 is 16.4 Å². The largest absolute Gasteiger partial charge is 0.390 e. The van der Waals surface area contributed by atoms with Gasteiger partial charge in [0.05, 0.1) is 12.1 Å². The van der Waals surface area contributed by atoms with Crippen molar-refractivity contribution in [2.24, 2.45) is 0 Å². The number of benzene rings is 2. The third kappa shape index (κ3) is 4.13. The van der Waals surface area contributed by atoms with Gasteiger partial charge in [0.2, 0.25) is 0 Å². The normalized spacial score (nSPS) is 13.6. The van der Waals surface area contributed by atoms with Crippen molar-refractivity contribution in [3.8, 4) is 11.3 Å². The Balaban J connectivity index is 1.98. The predicted molar refractivity (Wildman–Crippen MR) is 109 cm³/mol. The van der Waals surface area contributed by atoms with Gasteiger partial charge in [-0.05, 0) is 29.3 Å². The average Bonchev–Trinajstić information content (AvgIpc) is 3.31. The number of para-hydroxylation sites is 1. The number of aromatic amines is 1. The first-order valence-electron chi connectivity index (χ1n) is 8.90. The number of rotatable bonds is 5. The van der Waals surface area contributed by atoms with E-state index in [1.54, 1.807) is 54.6 Å². The van der Waals surface area contributed by atoms with Gasteiger partial charge in [0, 0.05) is 21.7 Å². The summed E-state index contributed by atoms with van der Waals surface area (Å²) in [7, 11) is -5.00. The van der Waals surface area contributed by atoms with Crippen molar-refractivity contribution in [1.29, 1.82) is 0 Å². The molecule has 3 nitrogen and oxygen atoms in total. The Morgan fingerprint density at radius 2 is 1.60 bits per heavy atom. The number of nitrogens with one attached hydrogen (secondary N) is 1. The van der Waals surface area contributed by atoms with Gasteiger partial charge in [0.25, 0.3) is 0 Å². The first kappa shape index (κ1) is 20.6. The number of thiophene rings is 1. The fourth-order valence-corrected chi connectivity index (χ4v) is 5.35. The molecule has 0 bridgehead atoms. The minimum Gasteiger partial charge on any atom is -0.354 e. The molecular formula is C21H15F4NO2S2. The average molecular weight is 453 g/mol. The van der Waals surface area contributed by atoms with Crippen LogP contribution in [-0.4, -0.2) is 19.6 Å². The van der Waals surface area contributed by atoms with Crippen molar-refractivity contribution >= 4 is 32.5 Å². The monoisotopic (exact) mass is 453 g/mol. The van der Waals surface area contributed by atoms with Crippen molar-refractivity contribution in [1.82, 2.24) is 4.98 Å². The van der Waals surface area contributed by atoms with E-state index in [9.17, 15) is 25.5 Å². The summed E-state index contributed by atoms with van der Waals surface area (Å²) >= 11 is 0.522. The lowest BCUT2D eigenvalue weighted by atomic mass is 9.89. The lowest BCUT2D eigenvalue weighted by Crippen LogP contribution is -2.14. The van der Waals surface area contributed by atoms with Crippen molar-refractivity contribution < 1.29 is 25.5 Å². The van der Waals surface area contributed by atoms with E-state index in [1.165, 1.54) is 6.07 Å². The van der Waals surface area contributed by atoms with Crippen molar-refractivity contribution in [2.45, 2.75) is 22.7 Å². The van der Waals surface area contributed by atoms with Gasteiger partial charge < -0.3 is 4.98 Å². The van der Waals surface area contributed by atoms with Crippen LogP contribution < -0.4 is 0 Å². The quantitative estimate of drug-likeness (QED) is 0.272. The molecular weight excluding hydrogens is 438 g/mol. The second-order valence-electron chi connectivity index (χ2n) is 6.79. The van der Waals surface area contributed by atoms with Gasteiger partial charge in [-0.1, -0.05) is 52.4 Å². The smallest absolute Gasteiger partial charge is 0.354 e. The number of hydrogen-bond acceptors (Lipinski definition) is 3. The first-order valence-corrected chi connectivity index (χ1v) is 11.1. The minimum absolute atomic E-state index is 0.130. The first-order chi connectivity index (χ1) is 14.1. The van der Waals surface area contributed by atoms with Gasteiger partial charge in [0.15, 0.2) is 4.21 Å². The van der Waals surface area contributed by atoms with E-state index in [0.717, 1.165) is 6.07 Å². The molecule has 1 unspecified atom stereocenters. The third-order valence-corrected chi connectivity index (χ3v) is 7.24. The van der Waals surface area contributed by atoms with E-state index in [4.69, 9.17) is 0 Å². The van der Waals surface area contributed by atoms with Gasteiger partial charge in [-0.25, -0.2) is 0 Å². The van der Waals surface area contributed by atoms with E-state index >= 15 is 0 Å². The van der Waals surface area contributed by atoms with Crippen LogP contribution in [0.2, 0.25) is 0 Å². The Morgan fingerprint density at radius 1 is 0.933 bits per heavy atom. The van der Waals surface area contributed by atoms with E-state index in [0.29, 0.717) is 39.1 Å². The minimum atomic E-state index is -5.00. The molecule has 0 aliphatic rings. The number of aromatic nitrogens is 1. The van der Waals surface area contributed by atoms with Crippen LogP contribution >= 0.6 is 11.3 Å². The summed E-state index contributed by atoms with van der Waals surface area (Å²) in [4.78, 5) is 3.33. The summed E-state index contributed by atoms with van der Waals surface area (Å²) < 4.78 is 76.0. The summed E-state index contributed by atoms with van der Waals surface area (Å²) in [5.74, 6) is -1.20. The Labute approximate surface area is 174 Å². The SMILES string of the molecule is O=S(=O)(F)c1ccc(C(CC(F)(F)F)c2c(-c3ccccc3)[nH]c3ccccc23)s1. The number of alkyl halides is 3. The lowest BCUT2D eigenvalue weighted by molar-refractivity contribution is -0.136. The summed E-state index contributed by atoms with van der Waals surface area (Å²) in [6, 6.07) is 18.2. The maximum absolute atomic E-state index is 13.6. The maximum Gasteiger partial charge on any atom is 0.390 e. The molecule has 0 saturated carbocycles. The number of halogens is 4. The molecule has 0 fully saturated rings. The second-order valence-corrected chi connectivity index (χ2v) is 9.48. The second kappa shape index (κ2) is 7.55. The number of H-pyrrole nitrogens is 1. The zero-order valence-corrected chi connectivity index (χ0v) is 16.9. The molecule has 2 aromatic carbocycles. The van der Waals surface area contributed by atoms with Crippen molar-refractivity contribution in [2.75, 3.05) is 0 Å². The predicted octanol–water partition coefficient (Wildman–Crippen LogP) is 6.64. The summed E-state index contributed by atoms with van der Waals surface area (Å²) in [6.45, 7) is 0. The highest BCUT2D eigenvalue weighted by molar-refractivity contribution is 7.88. The lowest BCUT2D eigenvalue weighted by Gasteiger charge is -2.19. The molecule has 4 aromatic rings. The van der Waals surface area contributed by atoms with E-state index in [-0.39, 0.29) is 4.88 Å². The molecule has 1 N–H and O–H groups in total. The van der Waals surface area contributed by atoms with E-state index < -0.39 is 32.9 Å². The molecule has 1 atom stereocenters. The third-order valence-electron chi connectivity index (χ3n) is 4.78. The molecule has 156 valence electrons. The Hall–Kier alpha value is -2.65. The fourth-order valence-electron chi connectivity index (χ4n) is 3.59. The maximum atomic E-state index is 13.6. The summed E-state index contributed by atoms with van der Waals surface area (Å²) in [5, 5.41) is 0.601. The number of hydrogen-bond donors (Lipinski definition) is 1. The van der Waals surface area contributed by atoms with Crippen LogP contribution in [0.25, 0.3) is 22.2 Å². The van der Waals surface area contributed by atoms with Crippen LogP contribution in [0.15, 0.2) is 70.9 Å². The Morgan fingerprint density at radius 3 is 2.23 bits per heavy atom. The highest BCUT2D eigenvalue weighted by Gasteiger charge is 2.37. The van der Waals surface area contributed by atoms with Crippen LogP contribution in [0.1, 0.15) is 22.8 Å². The Kier molecular flexibility index (Phi) is 5.19. The number of fused-ring (bicyclic) bond motifs is 1. The fraction of sp³-hybridized carbons (Fsp3) is 0.143. The Bertz CT molecular complexity index is 1290. The molecule has 0 spiro atoms. The molecule has 9 heteroatoms. The van der Waals surface area contributed by atoms with Crippen LogP contribution in [0.4, 0.5) is 17.1 Å². The molecule has 2 aromatic heterocycles. The van der Waals surface area contributed by atoms with Crippen LogP contribution in [0.5, 0.6) is 0 Å². The zero-order valence-electron chi connectivity index (χ0n) is 15.3. The molecule has 0 aliphatic carbocycles. The van der Waals surface area contributed by atoms with Gasteiger partial charge in [0.1, 0.15) is 0 Å². The van der Waals surface area contributed by atoms with E-state index in [1.807, 2.05) is 0 Å². The molecule has 0 aliphatic heterocycles. The zero-order chi connectivity index (χ0) is 21.5. The molecule has 2 heterocycles. The molecule has 0 saturated heterocycles. The summed E-state index contributed by atoms with van der Waals surface area (Å²) in [6.07, 6.45) is -5.73. The summed E-state index contributed by atoms with van der Waals surface area (Å²) in [5.41, 5.74) is 2.28. The van der Waals surface area contributed by atoms with Crippen molar-refractivity contribution in [3.63, 3.8) is 0 Å². The highest BCUT2D eigenvalue weighted by Crippen LogP contribution is 2.46. The topological polar surface area (TPSA) is 49.9 Å². The molecule has 4 rings (SSSR count). The van der Waals surface area contributed by atoms with Gasteiger partial charge in [-0.3, -0.25) is 0 Å². The van der Waals surface area contributed by atoms with E-state index in [2.05, 4.69) is 4.98 Å². The van der Waals surface area contributed by atoms with Crippen LogP contribution in [-0.2, 0) is 10.2 Å². The molecule has 30 heavy (non-hydrogen) atoms. The van der Waals surface area contributed by atoms with Crippen molar-refractivity contribution in [3.05, 3.63) is 77.2 Å². The molecule has 0 radical (unpaired) electrons. The molecule has 0 amide bonds. The highest BCUT2D eigenvalue weighted by atomic mass is 32.3. The van der Waals surface area contributed by atoms with Gasteiger partial charge in [-0.15, -0.1) is 11.3 Å². The van der Waals surface area contributed by atoms with Crippen LogP contribution in [0, 0.1) is 0 Å². The standard InChI is InChI=1S/C21H15F4NO2S2/c22-21(23,24)12-15(17-10-11-18(29-17)30(25,27)28)19-14-8-4-5-9-16(14)26-20(19)13-6-2-1-3-7-13/h1-11,15,26H,12H2.